The molecule has 0 fully saturated rings. The first kappa shape index (κ1) is 15.4. The number of benzene rings is 1. The van der Waals surface area contributed by atoms with Crippen LogP contribution in [0.4, 0.5) is 0 Å². The van der Waals surface area contributed by atoms with E-state index < -0.39 is 5.97 Å². The van der Waals surface area contributed by atoms with Gasteiger partial charge in [0.15, 0.2) is 11.5 Å². The van der Waals surface area contributed by atoms with Crippen molar-refractivity contribution >= 4 is 11.5 Å². The van der Waals surface area contributed by atoms with Gasteiger partial charge < -0.3 is 19.9 Å². The summed E-state index contributed by atoms with van der Waals surface area (Å²) in [6.45, 7) is 2.25. The van der Waals surface area contributed by atoms with E-state index in [0.717, 1.165) is 25.1 Å². The van der Waals surface area contributed by atoms with Crippen molar-refractivity contribution < 1.29 is 19.4 Å². The molecule has 114 valence electrons. The van der Waals surface area contributed by atoms with Gasteiger partial charge in [-0.3, -0.25) is 4.79 Å². The van der Waals surface area contributed by atoms with Crippen molar-refractivity contribution in [1.29, 1.82) is 0 Å². The average molecular weight is 291 g/mol. The van der Waals surface area contributed by atoms with Crippen molar-refractivity contribution in [1.82, 2.24) is 5.32 Å². The zero-order valence-electron chi connectivity index (χ0n) is 12.2. The van der Waals surface area contributed by atoms with E-state index in [1.54, 1.807) is 7.11 Å². The van der Waals surface area contributed by atoms with E-state index in [2.05, 4.69) is 11.4 Å². The third-order valence-corrected chi connectivity index (χ3v) is 3.39. The monoisotopic (exact) mass is 291 g/mol. The summed E-state index contributed by atoms with van der Waals surface area (Å²) < 4.78 is 11.0. The van der Waals surface area contributed by atoms with E-state index in [1.165, 1.54) is 5.57 Å². The molecule has 0 radical (unpaired) electrons. The van der Waals surface area contributed by atoms with E-state index in [0.29, 0.717) is 24.5 Å². The smallest absolute Gasteiger partial charge is 0.303 e. The number of carboxylic acids is 1. The molecule has 1 aliphatic rings. The molecule has 5 heteroatoms. The molecule has 0 aromatic heterocycles. The number of hydrogen-bond acceptors (Lipinski definition) is 4. The summed E-state index contributed by atoms with van der Waals surface area (Å²) in [5.74, 6) is 0.530. The first-order valence-electron chi connectivity index (χ1n) is 7.13. The fourth-order valence-corrected chi connectivity index (χ4v) is 2.28. The quantitative estimate of drug-likeness (QED) is 0.755. The Labute approximate surface area is 124 Å². The van der Waals surface area contributed by atoms with Crippen LogP contribution in [-0.4, -0.2) is 37.9 Å². The van der Waals surface area contributed by atoms with Crippen molar-refractivity contribution in [2.45, 2.75) is 19.3 Å². The molecular weight excluding hydrogens is 270 g/mol. The second-order valence-electron chi connectivity index (χ2n) is 4.89. The lowest BCUT2D eigenvalue weighted by atomic mass is 10.00. The molecule has 0 spiro atoms. The van der Waals surface area contributed by atoms with Crippen LogP contribution in [0.25, 0.3) is 5.57 Å². The van der Waals surface area contributed by atoms with E-state index in [-0.39, 0.29) is 6.42 Å². The molecule has 1 heterocycles. The average Bonchev–Trinajstić information content (AvgIpc) is 2.52. The van der Waals surface area contributed by atoms with Crippen LogP contribution in [0.15, 0.2) is 24.3 Å². The van der Waals surface area contributed by atoms with Crippen molar-refractivity contribution in [3.8, 4) is 11.5 Å². The highest BCUT2D eigenvalue weighted by molar-refractivity contribution is 5.69. The summed E-state index contributed by atoms with van der Waals surface area (Å²) in [6, 6.07) is 5.88. The molecule has 0 unspecified atom stereocenters. The number of ether oxygens (including phenoxy) is 2. The number of aliphatic carboxylic acids is 1. The topological polar surface area (TPSA) is 67.8 Å². The van der Waals surface area contributed by atoms with Gasteiger partial charge >= 0.3 is 5.97 Å². The van der Waals surface area contributed by atoms with Crippen molar-refractivity contribution in [2.75, 3.05) is 26.8 Å². The molecular formula is C16H21NO4. The van der Waals surface area contributed by atoms with Gasteiger partial charge in [-0.05, 0) is 42.7 Å². The molecule has 0 atom stereocenters. The highest BCUT2D eigenvalue weighted by Gasteiger charge is 2.10. The predicted octanol–water partition coefficient (Wildman–Crippen LogP) is 2.32. The van der Waals surface area contributed by atoms with Gasteiger partial charge in [0.05, 0.1) is 13.7 Å². The Bertz CT molecular complexity index is 525. The van der Waals surface area contributed by atoms with Crippen LogP contribution in [-0.2, 0) is 4.79 Å². The maximum atomic E-state index is 10.5. The Morgan fingerprint density at radius 1 is 1.38 bits per heavy atom. The molecule has 0 aliphatic carbocycles. The SMILES string of the molecule is COc1cc(C2=CCNCC2)ccc1OCCCC(=O)O. The number of carbonyl (C=O) groups is 1. The lowest BCUT2D eigenvalue weighted by molar-refractivity contribution is -0.137. The number of methoxy groups -OCH3 is 1. The summed E-state index contributed by atoms with van der Waals surface area (Å²) in [5.41, 5.74) is 2.45. The molecule has 0 bridgehead atoms. The lowest BCUT2D eigenvalue weighted by Crippen LogP contribution is -2.20. The largest absolute Gasteiger partial charge is 0.493 e. The third-order valence-electron chi connectivity index (χ3n) is 3.39. The molecule has 1 aliphatic heterocycles. The molecule has 5 nitrogen and oxygen atoms in total. The second-order valence-corrected chi connectivity index (χ2v) is 4.89. The fraction of sp³-hybridized carbons (Fsp3) is 0.438. The van der Waals surface area contributed by atoms with Crippen LogP contribution in [0.5, 0.6) is 11.5 Å². The fourth-order valence-electron chi connectivity index (χ4n) is 2.28. The van der Waals surface area contributed by atoms with E-state index >= 15 is 0 Å². The first-order valence-corrected chi connectivity index (χ1v) is 7.13. The minimum atomic E-state index is -0.807. The second kappa shape index (κ2) is 7.69. The van der Waals surface area contributed by atoms with Crippen LogP contribution in [0, 0.1) is 0 Å². The van der Waals surface area contributed by atoms with Gasteiger partial charge in [-0.15, -0.1) is 0 Å². The first-order chi connectivity index (χ1) is 10.2. The predicted molar refractivity (Wildman–Crippen MR) is 80.8 cm³/mol. The minimum Gasteiger partial charge on any atom is -0.493 e. The van der Waals surface area contributed by atoms with Gasteiger partial charge in [0, 0.05) is 13.0 Å². The summed E-state index contributed by atoms with van der Waals surface area (Å²) in [4.78, 5) is 10.5. The van der Waals surface area contributed by atoms with Gasteiger partial charge in [0.1, 0.15) is 0 Å². The number of hydrogen-bond donors (Lipinski definition) is 2. The number of carboxylic acid groups (broad SMARTS) is 1. The number of nitrogens with one attached hydrogen (secondary N) is 1. The van der Waals surface area contributed by atoms with Gasteiger partial charge in [-0.1, -0.05) is 12.1 Å². The summed E-state index contributed by atoms with van der Waals surface area (Å²) in [6.07, 6.45) is 3.78. The Hall–Kier alpha value is -2.01. The Kier molecular flexibility index (Phi) is 5.63. The molecule has 2 rings (SSSR count). The van der Waals surface area contributed by atoms with E-state index in [4.69, 9.17) is 14.6 Å². The van der Waals surface area contributed by atoms with Gasteiger partial charge in [-0.2, -0.15) is 0 Å². The van der Waals surface area contributed by atoms with Crippen molar-refractivity contribution in [3.63, 3.8) is 0 Å². The lowest BCUT2D eigenvalue weighted by Gasteiger charge is -2.16. The minimum absolute atomic E-state index is 0.111. The highest BCUT2D eigenvalue weighted by Crippen LogP contribution is 2.32. The molecule has 0 saturated carbocycles. The van der Waals surface area contributed by atoms with Crippen LogP contribution in [0.3, 0.4) is 0 Å². The van der Waals surface area contributed by atoms with Gasteiger partial charge in [-0.25, -0.2) is 0 Å². The summed E-state index contributed by atoms with van der Waals surface area (Å²) >= 11 is 0. The van der Waals surface area contributed by atoms with E-state index in [1.807, 2.05) is 18.2 Å². The molecule has 2 N–H and O–H groups in total. The normalized spacial score (nSPS) is 14.4. The van der Waals surface area contributed by atoms with Crippen molar-refractivity contribution in [2.24, 2.45) is 0 Å². The van der Waals surface area contributed by atoms with Crippen LogP contribution in [0.1, 0.15) is 24.8 Å². The van der Waals surface area contributed by atoms with E-state index in [9.17, 15) is 4.79 Å². The molecule has 0 saturated heterocycles. The van der Waals surface area contributed by atoms with Crippen molar-refractivity contribution in [3.05, 3.63) is 29.8 Å². The van der Waals surface area contributed by atoms with Gasteiger partial charge in [0.2, 0.25) is 0 Å². The Balaban J connectivity index is 2.02. The molecule has 21 heavy (non-hydrogen) atoms. The Morgan fingerprint density at radius 2 is 2.24 bits per heavy atom. The maximum Gasteiger partial charge on any atom is 0.303 e. The van der Waals surface area contributed by atoms with Crippen LogP contribution >= 0.6 is 0 Å². The highest BCUT2D eigenvalue weighted by atomic mass is 16.5. The van der Waals surface area contributed by atoms with Crippen LogP contribution in [0.2, 0.25) is 0 Å². The summed E-state index contributed by atoms with van der Waals surface area (Å²) in [7, 11) is 1.61. The molecule has 1 aromatic rings. The molecule has 0 amide bonds. The zero-order valence-corrected chi connectivity index (χ0v) is 12.2. The van der Waals surface area contributed by atoms with Crippen LogP contribution < -0.4 is 14.8 Å². The summed E-state index contributed by atoms with van der Waals surface area (Å²) in [5, 5.41) is 11.9. The third kappa shape index (κ3) is 4.49. The number of rotatable bonds is 7. The molecule has 1 aromatic carbocycles. The maximum absolute atomic E-state index is 10.5. The Morgan fingerprint density at radius 3 is 2.90 bits per heavy atom. The zero-order chi connectivity index (χ0) is 15.1. The van der Waals surface area contributed by atoms with Gasteiger partial charge in [0.25, 0.3) is 0 Å². The standard InChI is InChI=1S/C16H21NO4/c1-20-15-11-13(12-6-8-17-9-7-12)4-5-14(15)21-10-2-3-16(18)19/h4-6,11,17H,2-3,7-10H2,1H3,(H,18,19).